The summed E-state index contributed by atoms with van der Waals surface area (Å²) in [6, 6.07) is 0. The smallest absolute Gasteiger partial charge is 0.345 e. The van der Waals surface area contributed by atoms with E-state index in [-0.39, 0.29) is 11.4 Å². The van der Waals surface area contributed by atoms with Crippen molar-refractivity contribution in [3.63, 3.8) is 0 Å². The number of amides is 1. The number of carbonyl (C=O) groups excluding carboxylic acids is 1. The molecule has 8 nitrogen and oxygen atoms in total. The molecule has 23 heavy (non-hydrogen) atoms. The maximum atomic E-state index is 12.1. The fourth-order valence-electron chi connectivity index (χ4n) is 2.68. The lowest BCUT2D eigenvalue weighted by Gasteiger charge is -2.09. The van der Waals surface area contributed by atoms with Crippen LogP contribution in [0, 0.1) is 0 Å². The summed E-state index contributed by atoms with van der Waals surface area (Å²) >= 11 is 0. The van der Waals surface area contributed by atoms with Crippen LogP contribution >= 0.6 is 0 Å². The number of rotatable bonds is 8. The summed E-state index contributed by atoms with van der Waals surface area (Å²) in [4.78, 5) is 23.7. The minimum absolute atomic E-state index is 0.0238. The van der Waals surface area contributed by atoms with Crippen LogP contribution in [0.15, 0.2) is 4.79 Å². The van der Waals surface area contributed by atoms with Crippen LogP contribution in [0.5, 0.6) is 0 Å². The van der Waals surface area contributed by atoms with Crippen LogP contribution in [0.1, 0.15) is 38.4 Å². The lowest BCUT2D eigenvalue weighted by Crippen LogP contribution is -2.33. The number of sulfone groups is 1. The summed E-state index contributed by atoms with van der Waals surface area (Å²) in [6.45, 7) is 3.23. The molecule has 1 aliphatic heterocycles. The molecule has 0 atom stereocenters. The third kappa shape index (κ3) is 4.92. The molecule has 0 saturated carbocycles. The molecule has 1 amide bonds. The van der Waals surface area contributed by atoms with Gasteiger partial charge in [-0.25, -0.2) is 17.9 Å². The zero-order chi connectivity index (χ0) is 16.9. The van der Waals surface area contributed by atoms with Crippen LogP contribution in [-0.4, -0.2) is 46.7 Å². The molecule has 1 aromatic rings. The highest BCUT2D eigenvalue weighted by molar-refractivity contribution is 7.92. The predicted molar refractivity (Wildman–Crippen MR) is 86.0 cm³/mol. The minimum Gasteiger partial charge on any atom is -0.355 e. The second-order valence-electron chi connectivity index (χ2n) is 5.83. The zero-order valence-electron chi connectivity index (χ0n) is 13.5. The van der Waals surface area contributed by atoms with Gasteiger partial charge in [-0.05, 0) is 25.7 Å². The third-order valence-electron chi connectivity index (χ3n) is 3.77. The van der Waals surface area contributed by atoms with Crippen LogP contribution in [0.25, 0.3) is 0 Å². The molecule has 1 aromatic heterocycles. The Labute approximate surface area is 135 Å². The molecule has 0 fully saturated rings. The van der Waals surface area contributed by atoms with Crippen molar-refractivity contribution in [2.24, 2.45) is 0 Å². The van der Waals surface area contributed by atoms with Crippen LogP contribution in [0.2, 0.25) is 0 Å². The zero-order valence-corrected chi connectivity index (χ0v) is 14.3. The summed E-state index contributed by atoms with van der Waals surface area (Å²) in [5.41, 5.74) is -0.100. The summed E-state index contributed by atoms with van der Waals surface area (Å²) in [5.74, 6) is -0.110. The molecule has 0 radical (unpaired) electrons. The van der Waals surface area contributed by atoms with Crippen molar-refractivity contribution in [2.75, 3.05) is 18.1 Å². The van der Waals surface area contributed by atoms with E-state index in [1.54, 1.807) is 11.5 Å². The first kappa shape index (κ1) is 17.7. The summed E-state index contributed by atoms with van der Waals surface area (Å²) in [7, 11) is -3.31. The molecule has 2 heterocycles. The Morgan fingerprint density at radius 2 is 2.13 bits per heavy atom. The first-order valence-corrected chi connectivity index (χ1v) is 9.88. The van der Waals surface area contributed by atoms with E-state index in [1.165, 1.54) is 4.68 Å². The van der Waals surface area contributed by atoms with Gasteiger partial charge in [-0.2, -0.15) is 5.10 Å². The highest BCUT2D eigenvalue weighted by Crippen LogP contribution is 2.09. The van der Waals surface area contributed by atoms with Crippen LogP contribution in [-0.2, 0) is 34.1 Å². The number of carbonyl (C=O) groups is 1. The number of fused-ring (bicyclic) bond motifs is 1. The van der Waals surface area contributed by atoms with Crippen molar-refractivity contribution >= 4 is 15.7 Å². The molecule has 0 saturated heterocycles. The molecule has 0 aliphatic carbocycles. The summed E-state index contributed by atoms with van der Waals surface area (Å²) < 4.78 is 26.2. The average molecular weight is 344 g/mol. The van der Waals surface area contributed by atoms with E-state index in [0.29, 0.717) is 25.9 Å². The fourth-order valence-corrected chi connectivity index (χ4v) is 3.95. The Balaban J connectivity index is 1.77. The standard InChI is InChI=1S/C14H24N4O4S/c1-2-10-23(21,22)11-13(19)15-7-5-9-18-14(20)17-8-4-3-6-12(17)16-18/h2-11H2,1H3,(H,15,19). The molecule has 0 spiro atoms. The maximum Gasteiger partial charge on any atom is 0.345 e. The van der Waals surface area contributed by atoms with E-state index >= 15 is 0 Å². The minimum atomic E-state index is -3.31. The molecular weight excluding hydrogens is 320 g/mol. The quantitative estimate of drug-likeness (QED) is 0.653. The second kappa shape index (κ2) is 7.76. The van der Waals surface area contributed by atoms with E-state index < -0.39 is 21.5 Å². The van der Waals surface area contributed by atoms with Gasteiger partial charge >= 0.3 is 5.69 Å². The van der Waals surface area contributed by atoms with Crippen LogP contribution in [0.3, 0.4) is 0 Å². The Kier molecular flexibility index (Phi) is 5.97. The lowest BCUT2D eigenvalue weighted by atomic mass is 10.2. The first-order valence-electron chi connectivity index (χ1n) is 8.06. The Morgan fingerprint density at radius 3 is 2.83 bits per heavy atom. The van der Waals surface area contributed by atoms with E-state index in [0.717, 1.165) is 31.6 Å². The van der Waals surface area contributed by atoms with E-state index in [9.17, 15) is 18.0 Å². The largest absolute Gasteiger partial charge is 0.355 e. The Morgan fingerprint density at radius 1 is 1.35 bits per heavy atom. The van der Waals surface area contributed by atoms with Gasteiger partial charge in [0.15, 0.2) is 9.84 Å². The van der Waals surface area contributed by atoms with Gasteiger partial charge in [0.05, 0.1) is 5.75 Å². The van der Waals surface area contributed by atoms with Crippen molar-refractivity contribution in [1.29, 1.82) is 0 Å². The van der Waals surface area contributed by atoms with Crippen molar-refractivity contribution in [1.82, 2.24) is 19.7 Å². The van der Waals surface area contributed by atoms with Crippen molar-refractivity contribution in [3.05, 3.63) is 16.3 Å². The van der Waals surface area contributed by atoms with Gasteiger partial charge in [0.25, 0.3) is 0 Å². The van der Waals surface area contributed by atoms with Gasteiger partial charge in [0.2, 0.25) is 5.91 Å². The van der Waals surface area contributed by atoms with E-state index in [1.807, 2.05) is 0 Å². The van der Waals surface area contributed by atoms with Gasteiger partial charge in [-0.3, -0.25) is 9.36 Å². The highest BCUT2D eigenvalue weighted by Gasteiger charge is 2.17. The van der Waals surface area contributed by atoms with Crippen LogP contribution < -0.4 is 11.0 Å². The van der Waals surface area contributed by atoms with E-state index in [2.05, 4.69) is 10.4 Å². The topological polar surface area (TPSA) is 103 Å². The Bertz CT molecular complexity index is 705. The third-order valence-corrected chi connectivity index (χ3v) is 5.50. The number of aromatic nitrogens is 3. The fraction of sp³-hybridized carbons (Fsp3) is 0.786. The average Bonchev–Trinajstić information content (AvgIpc) is 2.80. The molecular formula is C14H24N4O4S. The molecule has 2 rings (SSSR count). The van der Waals surface area contributed by atoms with Crippen molar-refractivity contribution in [3.8, 4) is 0 Å². The number of nitrogens with one attached hydrogen (secondary N) is 1. The second-order valence-corrected chi connectivity index (χ2v) is 8.01. The van der Waals surface area contributed by atoms with Crippen molar-refractivity contribution < 1.29 is 13.2 Å². The van der Waals surface area contributed by atoms with Gasteiger partial charge < -0.3 is 5.32 Å². The number of hydrogen-bond acceptors (Lipinski definition) is 5. The monoisotopic (exact) mass is 344 g/mol. The van der Waals surface area contributed by atoms with Gasteiger partial charge in [0, 0.05) is 26.1 Å². The van der Waals surface area contributed by atoms with E-state index in [4.69, 9.17) is 0 Å². The SMILES string of the molecule is CCCS(=O)(=O)CC(=O)NCCCn1nc2n(c1=O)CCCC2. The molecule has 1 N–H and O–H groups in total. The lowest BCUT2D eigenvalue weighted by molar-refractivity contribution is -0.118. The predicted octanol–water partition coefficient (Wildman–Crippen LogP) is -0.288. The van der Waals surface area contributed by atoms with Crippen LogP contribution in [0.4, 0.5) is 0 Å². The molecule has 0 aromatic carbocycles. The maximum absolute atomic E-state index is 12.1. The van der Waals surface area contributed by atoms with Crippen molar-refractivity contribution in [2.45, 2.75) is 52.1 Å². The summed E-state index contributed by atoms with van der Waals surface area (Å²) in [5, 5.41) is 6.89. The number of hydrogen-bond donors (Lipinski definition) is 1. The molecule has 1 aliphatic rings. The normalized spacial score (nSPS) is 14.5. The van der Waals surface area contributed by atoms with Gasteiger partial charge in [0.1, 0.15) is 11.6 Å². The molecule has 0 unspecified atom stereocenters. The number of nitrogens with zero attached hydrogens (tertiary/aromatic N) is 3. The molecule has 9 heteroatoms. The highest BCUT2D eigenvalue weighted by atomic mass is 32.2. The summed E-state index contributed by atoms with van der Waals surface area (Å²) in [6.07, 6.45) is 3.92. The number of aryl methyl sites for hydroxylation is 2. The van der Waals surface area contributed by atoms with Gasteiger partial charge in [-0.1, -0.05) is 6.92 Å². The molecule has 0 bridgehead atoms. The molecule has 130 valence electrons. The Hall–Kier alpha value is -1.64. The first-order chi connectivity index (χ1) is 10.9. The van der Waals surface area contributed by atoms with Gasteiger partial charge in [-0.15, -0.1) is 0 Å².